The molecule has 0 aromatic heterocycles. The molecule has 1 rings (SSSR count). The average molecular weight is 328 g/mol. The molecule has 108 valence electrons. The molecule has 0 saturated carbocycles. The molecular formula is C16H26BrNO. The zero-order chi connectivity index (χ0) is 14.4. The Bertz CT molecular complexity index is 404. The lowest BCUT2D eigenvalue weighted by Gasteiger charge is -2.18. The fraction of sp³-hybridized carbons (Fsp3) is 0.625. The number of benzene rings is 1. The first-order valence-corrected chi connectivity index (χ1v) is 7.90. The lowest BCUT2D eigenvalue weighted by molar-refractivity contribution is 0.247. The van der Waals surface area contributed by atoms with E-state index < -0.39 is 0 Å². The summed E-state index contributed by atoms with van der Waals surface area (Å²) in [5, 5.41) is 0. The van der Waals surface area contributed by atoms with E-state index in [1.807, 2.05) is 6.92 Å². The molecule has 2 atom stereocenters. The van der Waals surface area contributed by atoms with E-state index in [1.165, 1.54) is 24.0 Å². The molecule has 19 heavy (non-hydrogen) atoms. The topological polar surface area (TPSA) is 35.2 Å². The summed E-state index contributed by atoms with van der Waals surface area (Å²) in [5.41, 5.74) is 8.30. The average Bonchev–Trinajstić information content (AvgIpc) is 2.27. The van der Waals surface area contributed by atoms with Gasteiger partial charge >= 0.3 is 0 Å². The molecule has 0 aliphatic carbocycles. The molecule has 1 aromatic carbocycles. The second kappa shape index (κ2) is 7.91. The SMILES string of the molecule is CCCC(C)COc1c(C)cc(Br)cc1CC(C)N. The number of halogens is 1. The van der Waals surface area contributed by atoms with Gasteiger partial charge in [-0.25, -0.2) is 0 Å². The second-order valence-electron chi connectivity index (χ2n) is 5.60. The molecule has 3 heteroatoms. The number of hydrogen-bond acceptors (Lipinski definition) is 2. The summed E-state index contributed by atoms with van der Waals surface area (Å²) in [7, 11) is 0. The first kappa shape index (κ1) is 16.5. The van der Waals surface area contributed by atoms with Gasteiger partial charge in [-0.05, 0) is 55.9 Å². The van der Waals surface area contributed by atoms with Crippen LogP contribution in [0.15, 0.2) is 16.6 Å². The minimum absolute atomic E-state index is 0.143. The number of hydrogen-bond donors (Lipinski definition) is 1. The molecule has 0 heterocycles. The van der Waals surface area contributed by atoms with E-state index in [1.54, 1.807) is 0 Å². The summed E-state index contributed by atoms with van der Waals surface area (Å²) < 4.78 is 7.15. The van der Waals surface area contributed by atoms with Gasteiger partial charge < -0.3 is 10.5 Å². The fourth-order valence-electron chi connectivity index (χ4n) is 2.31. The predicted molar refractivity (Wildman–Crippen MR) is 85.8 cm³/mol. The summed E-state index contributed by atoms with van der Waals surface area (Å²) >= 11 is 3.55. The van der Waals surface area contributed by atoms with Crippen LogP contribution in [0.4, 0.5) is 0 Å². The quantitative estimate of drug-likeness (QED) is 0.802. The zero-order valence-corrected chi connectivity index (χ0v) is 14.1. The van der Waals surface area contributed by atoms with Crippen LogP contribution in [0.3, 0.4) is 0 Å². The predicted octanol–water partition coefficient (Wildman–Crippen LogP) is 4.46. The van der Waals surface area contributed by atoms with Crippen LogP contribution in [-0.2, 0) is 6.42 Å². The van der Waals surface area contributed by atoms with E-state index in [4.69, 9.17) is 10.5 Å². The third-order valence-electron chi connectivity index (χ3n) is 3.15. The maximum absolute atomic E-state index is 6.06. The Morgan fingerprint density at radius 3 is 2.58 bits per heavy atom. The summed E-state index contributed by atoms with van der Waals surface area (Å²) in [4.78, 5) is 0. The van der Waals surface area contributed by atoms with Crippen LogP contribution in [0.5, 0.6) is 5.75 Å². The number of ether oxygens (including phenoxy) is 1. The molecule has 2 nitrogen and oxygen atoms in total. The number of nitrogens with two attached hydrogens (primary N) is 1. The van der Waals surface area contributed by atoms with Gasteiger partial charge in [0.2, 0.25) is 0 Å². The van der Waals surface area contributed by atoms with Crippen molar-refractivity contribution < 1.29 is 4.74 Å². The summed E-state index contributed by atoms with van der Waals surface area (Å²) in [6.07, 6.45) is 3.26. The summed E-state index contributed by atoms with van der Waals surface area (Å²) in [6, 6.07) is 4.37. The first-order valence-electron chi connectivity index (χ1n) is 7.11. The highest BCUT2D eigenvalue weighted by atomic mass is 79.9. The monoisotopic (exact) mass is 327 g/mol. The van der Waals surface area contributed by atoms with Crippen molar-refractivity contribution in [3.05, 3.63) is 27.7 Å². The Morgan fingerprint density at radius 1 is 1.32 bits per heavy atom. The summed E-state index contributed by atoms with van der Waals surface area (Å²) in [6.45, 7) is 9.35. The maximum Gasteiger partial charge on any atom is 0.125 e. The molecule has 2 unspecified atom stereocenters. The van der Waals surface area contributed by atoms with Gasteiger partial charge in [-0.15, -0.1) is 0 Å². The molecule has 0 saturated heterocycles. The molecule has 0 amide bonds. The summed E-state index contributed by atoms with van der Waals surface area (Å²) in [5.74, 6) is 1.61. The Labute approximate surface area is 125 Å². The Balaban J connectivity index is 2.85. The Morgan fingerprint density at radius 2 is 2.00 bits per heavy atom. The van der Waals surface area contributed by atoms with Gasteiger partial charge in [-0.3, -0.25) is 0 Å². The van der Waals surface area contributed by atoms with Crippen molar-refractivity contribution in [3.8, 4) is 5.75 Å². The minimum Gasteiger partial charge on any atom is -0.493 e. The van der Waals surface area contributed by atoms with Crippen LogP contribution >= 0.6 is 15.9 Å². The van der Waals surface area contributed by atoms with Crippen molar-refractivity contribution in [2.45, 2.75) is 53.0 Å². The Kier molecular flexibility index (Phi) is 6.87. The molecule has 0 fully saturated rings. The highest BCUT2D eigenvalue weighted by Gasteiger charge is 2.12. The minimum atomic E-state index is 0.143. The lowest BCUT2D eigenvalue weighted by atomic mass is 10.0. The van der Waals surface area contributed by atoms with Crippen LogP contribution in [0.25, 0.3) is 0 Å². The number of aryl methyl sites for hydroxylation is 1. The molecule has 2 N–H and O–H groups in total. The van der Waals surface area contributed by atoms with Gasteiger partial charge in [0.15, 0.2) is 0 Å². The van der Waals surface area contributed by atoms with Crippen LogP contribution in [0.1, 0.15) is 44.7 Å². The first-order chi connectivity index (χ1) is 8.93. The van der Waals surface area contributed by atoms with Crippen molar-refractivity contribution >= 4 is 15.9 Å². The molecule has 0 bridgehead atoms. The van der Waals surface area contributed by atoms with E-state index in [0.29, 0.717) is 5.92 Å². The van der Waals surface area contributed by atoms with E-state index in [2.05, 4.69) is 48.8 Å². The van der Waals surface area contributed by atoms with E-state index in [9.17, 15) is 0 Å². The van der Waals surface area contributed by atoms with Crippen LogP contribution in [0, 0.1) is 12.8 Å². The van der Waals surface area contributed by atoms with Crippen molar-refractivity contribution in [2.75, 3.05) is 6.61 Å². The van der Waals surface area contributed by atoms with Crippen molar-refractivity contribution in [1.82, 2.24) is 0 Å². The molecule has 0 aliphatic heterocycles. The number of rotatable bonds is 7. The lowest BCUT2D eigenvalue weighted by Crippen LogP contribution is -2.19. The Hall–Kier alpha value is -0.540. The van der Waals surface area contributed by atoms with Crippen LogP contribution in [-0.4, -0.2) is 12.6 Å². The van der Waals surface area contributed by atoms with Gasteiger partial charge in [0.05, 0.1) is 6.61 Å². The normalized spacial score (nSPS) is 14.2. The third kappa shape index (κ3) is 5.53. The molecule has 1 aromatic rings. The van der Waals surface area contributed by atoms with Gasteiger partial charge in [-0.1, -0.05) is 36.2 Å². The molecule has 0 aliphatic rings. The van der Waals surface area contributed by atoms with Crippen molar-refractivity contribution in [1.29, 1.82) is 0 Å². The molecule has 0 radical (unpaired) electrons. The van der Waals surface area contributed by atoms with Gasteiger partial charge in [0.25, 0.3) is 0 Å². The second-order valence-corrected chi connectivity index (χ2v) is 6.51. The smallest absolute Gasteiger partial charge is 0.125 e. The van der Waals surface area contributed by atoms with Gasteiger partial charge in [-0.2, -0.15) is 0 Å². The van der Waals surface area contributed by atoms with E-state index in [0.717, 1.165) is 23.2 Å². The fourth-order valence-corrected chi connectivity index (χ4v) is 2.93. The van der Waals surface area contributed by atoms with Crippen molar-refractivity contribution in [2.24, 2.45) is 11.7 Å². The highest BCUT2D eigenvalue weighted by molar-refractivity contribution is 9.10. The molecule has 0 spiro atoms. The van der Waals surface area contributed by atoms with Gasteiger partial charge in [0, 0.05) is 10.5 Å². The van der Waals surface area contributed by atoms with Gasteiger partial charge in [0.1, 0.15) is 5.75 Å². The zero-order valence-electron chi connectivity index (χ0n) is 12.5. The highest BCUT2D eigenvalue weighted by Crippen LogP contribution is 2.29. The van der Waals surface area contributed by atoms with Crippen LogP contribution in [0.2, 0.25) is 0 Å². The van der Waals surface area contributed by atoms with E-state index >= 15 is 0 Å². The van der Waals surface area contributed by atoms with Crippen molar-refractivity contribution in [3.63, 3.8) is 0 Å². The van der Waals surface area contributed by atoms with E-state index in [-0.39, 0.29) is 6.04 Å². The standard InChI is InChI=1S/C16H26BrNO/c1-5-6-11(2)10-19-16-12(3)7-15(17)9-14(16)8-13(4)18/h7,9,11,13H,5-6,8,10,18H2,1-4H3. The maximum atomic E-state index is 6.06. The van der Waals surface area contributed by atoms with Crippen LogP contribution < -0.4 is 10.5 Å². The largest absolute Gasteiger partial charge is 0.493 e. The molecular weight excluding hydrogens is 302 g/mol. The third-order valence-corrected chi connectivity index (χ3v) is 3.61.